The number of hydrogen-bond acceptors (Lipinski definition) is 3. The number of hydrogen-bond donors (Lipinski definition) is 1. The molecule has 0 fully saturated rings. The minimum atomic E-state index is 0.920. The van der Waals surface area contributed by atoms with E-state index in [-0.39, 0.29) is 0 Å². The second-order valence-corrected chi connectivity index (χ2v) is 6.34. The van der Waals surface area contributed by atoms with Crippen LogP contribution in [0.5, 0.6) is 0 Å². The van der Waals surface area contributed by atoms with E-state index in [0.29, 0.717) is 0 Å². The molecule has 0 atom stereocenters. The predicted molar refractivity (Wildman–Crippen MR) is 67.5 cm³/mol. The largest absolute Gasteiger partial charge is 0.369 e. The lowest BCUT2D eigenvalue weighted by molar-refractivity contribution is 0.835. The molecule has 1 heterocycles. The van der Waals surface area contributed by atoms with E-state index in [1.165, 1.54) is 0 Å². The third-order valence-electron chi connectivity index (χ3n) is 1.25. The molecule has 1 aromatic heterocycles. The number of pyridine rings is 1. The first-order valence-electron chi connectivity index (χ1n) is 3.53. The van der Waals surface area contributed by atoms with Gasteiger partial charge in [-0.2, -0.15) is 1.33 Å². The standard InChI is InChI=1S/C7H9I2N3/c8-12(9)6-5-11-7-3-1-2-4-10-7/h1-4H,5-6H2,(H,10,11). The topological polar surface area (TPSA) is 28.2 Å². The van der Waals surface area contributed by atoms with Gasteiger partial charge in [0.05, 0.1) is 0 Å². The molecule has 0 unspecified atom stereocenters. The smallest absolute Gasteiger partial charge is 0.125 e. The molecule has 0 aromatic carbocycles. The van der Waals surface area contributed by atoms with E-state index in [9.17, 15) is 0 Å². The van der Waals surface area contributed by atoms with E-state index in [2.05, 4.69) is 57.4 Å². The van der Waals surface area contributed by atoms with Crippen molar-refractivity contribution in [2.75, 3.05) is 18.4 Å². The Morgan fingerprint density at radius 3 is 2.83 bits per heavy atom. The van der Waals surface area contributed by atoms with Crippen LogP contribution in [0.15, 0.2) is 24.4 Å². The fraction of sp³-hybridized carbons (Fsp3) is 0.286. The highest BCUT2D eigenvalue weighted by molar-refractivity contribution is 14.2. The average Bonchev–Trinajstić information content (AvgIpc) is 2.05. The van der Waals surface area contributed by atoms with Gasteiger partial charge < -0.3 is 5.32 Å². The zero-order valence-electron chi connectivity index (χ0n) is 6.37. The first kappa shape index (κ1) is 10.5. The fourth-order valence-corrected chi connectivity index (χ4v) is 1.22. The maximum absolute atomic E-state index is 4.14. The lowest BCUT2D eigenvalue weighted by atomic mass is 10.4. The van der Waals surface area contributed by atoms with Gasteiger partial charge in [0.2, 0.25) is 0 Å². The van der Waals surface area contributed by atoms with Crippen molar-refractivity contribution in [1.29, 1.82) is 0 Å². The summed E-state index contributed by atoms with van der Waals surface area (Å²) < 4.78 is 2.07. The lowest BCUT2D eigenvalue weighted by Gasteiger charge is -2.06. The molecule has 0 saturated carbocycles. The zero-order chi connectivity index (χ0) is 8.81. The molecule has 0 saturated heterocycles. The van der Waals surface area contributed by atoms with Gasteiger partial charge in [-0.05, 0) is 12.1 Å². The van der Waals surface area contributed by atoms with Gasteiger partial charge >= 0.3 is 0 Å². The Morgan fingerprint density at radius 2 is 2.25 bits per heavy atom. The van der Waals surface area contributed by atoms with Gasteiger partial charge in [-0.15, -0.1) is 0 Å². The number of nitrogens with zero attached hydrogens (tertiary/aromatic N) is 2. The predicted octanol–water partition coefficient (Wildman–Crippen LogP) is 2.50. The summed E-state index contributed by atoms with van der Waals surface area (Å²) >= 11 is 4.49. The zero-order valence-corrected chi connectivity index (χ0v) is 10.7. The minimum Gasteiger partial charge on any atom is -0.369 e. The molecule has 0 bridgehead atoms. The molecule has 66 valence electrons. The number of nitrogens with one attached hydrogen (secondary N) is 1. The highest BCUT2D eigenvalue weighted by Crippen LogP contribution is 2.06. The molecule has 5 heteroatoms. The summed E-state index contributed by atoms with van der Waals surface area (Å²) in [5, 5.41) is 3.21. The van der Waals surface area contributed by atoms with Gasteiger partial charge in [0.25, 0.3) is 0 Å². The highest BCUT2D eigenvalue weighted by atomic mass is 127. The SMILES string of the molecule is IN(I)CCNc1ccccn1. The van der Waals surface area contributed by atoms with Crippen LogP contribution >= 0.6 is 45.7 Å². The fourth-order valence-electron chi connectivity index (χ4n) is 0.736. The molecule has 0 radical (unpaired) electrons. The molecule has 0 aliphatic carbocycles. The molecule has 3 nitrogen and oxygen atoms in total. The van der Waals surface area contributed by atoms with Crippen molar-refractivity contribution >= 4 is 51.5 Å². The highest BCUT2D eigenvalue weighted by Gasteiger charge is 1.93. The Balaban J connectivity index is 2.25. The summed E-state index contributed by atoms with van der Waals surface area (Å²) in [5.74, 6) is 0.937. The quantitative estimate of drug-likeness (QED) is 0.634. The lowest BCUT2D eigenvalue weighted by Crippen LogP contribution is -2.12. The molecule has 1 N–H and O–H groups in total. The Labute approximate surface area is 99.9 Å². The summed E-state index contributed by atoms with van der Waals surface area (Å²) in [6.45, 7) is 1.92. The monoisotopic (exact) mass is 389 g/mol. The summed E-state index contributed by atoms with van der Waals surface area (Å²) in [6.07, 6.45) is 1.79. The minimum absolute atomic E-state index is 0.920. The van der Waals surface area contributed by atoms with Crippen molar-refractivity contribution in [2.45, 2.75) is 0 Å². The van der Waals surface area contributed by atoms with Crippen LogP contribution < -0.4 is 5.32 Å². The van der Waals surface area contributed by atoms with Gasteiger partial charge in [0, 0.05) is 65.0 Å². The van der Waals surface area contributed by atoms with Crippen molar-refractivity contribution in [3.8, 4) is 0 Å². The van der Waals surface area contributed by atoms with Crippen LogP contribution in [-0.4, -0.2) is 19.4 Å². The second-order valence-electron chi connectivity index (χ2n) is 2.17. The van der Waals surface area contributed by atoms with Crippen LogP contribution in [0, 0.1) is 0 Å². The molecular weight excluding hydrogens is 380 g/mol. The van der Waals surface area contributed by atoms with Gasteiger partial charge in [-0.1, -0.05) is 6.07 Å². The molecule has 12 heavy (non-hydrogen) atoms. The van der Waals surface area contributed by atoms with E-state index in [1.54, 1.807) is 6.20 Å². The molecule has 0 amide bonds. The van der Waals surface area contributed by atoms with Crippen molar-refractivity contribution in [3.63, 3.8) is 0 Å². The van der Waals surface area contributed by atoms with Crippen molar-refractivity contribution in [3.05, 3.63) is 24.4 Å². The van der Waals surface area contributed by atoms with Crippen molar-refractivity contribution < 1.29 is 0 Å². The maximum Gasteiger partial charge on any atom is 0.125 e. The number of aromatic nitrogens is 1. The molecular formula is C7H9I2N3. The normalized spacial score (nSPS) is 10.2. The molecule has 0 aliphatic rings. The Bertz CT molecular complexity index is 215. The van der Waals surface area contributed by atoms with Crippen LogP contribution in [0.2, 0.25) is 0 Å². The first-order chi connectivity index (χ1) is 5.79. The van der Waals surface area contributed by atoms with Gasteiger partial charge in [0.1, 0.15) is 5.82 Å². The van der Waals surface area contributed by atoms with Crippen LogP contribution in [0.4, 0.5) is 5.82 Å². The van der Waals surface area contributed by atoms with E-state index in [4.69, 9.17) is 0 Å². The van der Waals surface area contributed by atoms with E-state index in [0.717, 1.165) is 18.9 Å². The third-order valence-corrected chi connectivity index (χ3v) is 2.22. The molecule has 0 spiro atoms. The van der Waals surface area contributed by atoms with E-state index < -0.39 is 0 Å². The van der Waals surface area contributed by atoms with Crippen LogP contribution in [0.25, 0.3) is 0 Å². The first-order valence-corrected chi connectivity index (χ1v) is 5.46. The number of rotatable bonds is 4. The van der Waals surface area contributed by atoms with Crippen LogP contribution in [0.3, 0.4) is 0 Å². The van der Waals surface area contributed by atoms with E-state index >= 15 is 0 Å². The van der Waals surface area contributed by atoms with Crippen LogP contribution in [-0.2, 0) is 0 Å². The summed E-state index contributed by atoms with van der Waals surface area (Å²) in [4.78, 5) is 4.14. The Kier molecular flexibility index (Phi) is 5.16. The van der Waals surface area contributed by atoms with Gasteiger partial charge in [-0.3, -0.25) is 0 Å². The maximum atomic E-state index is 4.14. The van der Waals surface area contributed by atoms with Gasteiger partial charge in [-0.25, -0.2) is 4.98 Å². The summed E-state index contributed by atoms with van der Waals surface area (Å²) in [5.41, 5.74) is 0. The van der Waals surface area contributed by atoms with Crippen molar-refractivity contribution in [2.24, 2.45) is 0 Å². The third kappa shape index (κ3) is 4.41. The molecule has 1 aromatic rings. The Hall–Kier alpha value is 0.370. The Morgan fingerprint density at radius 1 is 1.42 bits per heavy atom. The van der Waals surface area contributed by atoms with E-state index in [1.807, 2.05) is 18.2 Å². The molecule has 1 rings (SSSR count). The summed E-state index contributed by atoms with van der Waals surface area (Å²) in [6, 6.07) is 5.85. The average molecular weight is 389 g/mol. The van der Waals surface area contributed by atoms with Crippen molar-refractivity contribution in [1.82, 2.24) is 6.31 Å². The number of anilines is 1. The number of halogens is 2. The summed E-state index contributed by atoms with van der Waals surface area (Å²) in [7, 11) is 0. The molecule has 0 aliphatic heterocycles. The second kappa shape index (κ2) is 5.92. The van der Waals surface area contributed by atoms with Crippen LogP contribution in [0.1, 0.15) is 0 Å². The van der Waals surface area contributed by atoms with Gasteiger partial charge in [0.15, 0.2) is 0 Å².